The number of likely N-dealkylation sites (N-methyl/N-ethyl adjacent to an activating group) is 1. The highest BCUT2D eigenvalue weighted by Gasteiger charge is 2.44. The Balaban J connectivity index is 1.82. The molecule has 1 saturated heterocycles. The third kappa shape index (κ3) is 4.42. The molecule has 3 rings (SSSR count). The molecule has 2 heterocycles. The van der Waals surface area contributed by atoms with Gasteiger partial charge in [-0.15, -0.1) is 0 Å². The van der Waals surface area contributed by atoms with Crippen molar-refractivity contribution in [2.45, 2.75) is 24.3 Å². The standard InChI is InChI=1S/C18H20FN3O4S/c1-20-18(23)17-9-15(26-14-6-4-8-21-10-14)11-22(17)27(24,25)12-13-5-2-3-7-16(13)19/h2-8,10,15,17H,9,11-12H2,1H3,(H,20,23)/t15-,17+/m0/s1. The zero-order valence-corrected chi connectivity index (χ0v) is 15.5. The smallest absolute Gasteiger partial charge is 0.238 e. The molecule has 0 bridgehead atoms. The largest absolute Gasteiger partial charge is 0.487 e. The van der Waals surface area contributed by atoms with Crippen molar-refractivity contribution >= 4 is 15.9 Å². The van der Waals surface area contributed by atoms with Crippen LogP contribution in [0.4, 0.5) is 4.39 Å². The lowest BCUT2D eigenvalue weighted by Gasteiger charge is -2.22. The number of halogens is 1. The lowest BCUT2D eigenvalue weighted by atomic mass is 10.2. The zero-order valence-electron chi connectivity index (χ0n) is 14.7. The number of nitrogens with zero attached hydrogens (tertiary/aromatic N) is 2. The summed E-state index contributed by atoms with van der Waals surface area (Å²) in [4.78, 5) is 16.2. The zero-order chi connectivity index (χ0) is 19.4. The Morgan fingerprint density at radius 3 is 2.78 bits per heavy atom. The number of sulfonamides is 1. The number of carbonyl (C=O) groups is 1. The Hall–Kier alpha value is -2.52. The summed E-state index contributed by atoms with van der Waals surface area (Å²) >= 11 is 0. The Labute approximate surface area is 157 Å². The second-order valence-electron chi connectivity index (χ2n) is 6.21. The molecule has 2 aromatic rings. The van der Waals surface area contributed by atoms with Gasteiger partial charge >= 0.3 is 0 Å². The van der Waals surface area contributed by atoms with Gasteiger partial charge in [-0.05, 0) is 18.2 Å². The fraction of sp³-hybridized carbons (Fsp3) is 0.333. The van der Waals surface area contributed by atoms with Gasteiger partial charge < -0.3 is 10.1 Å². The van der Waals surface area contributed by atoms with Gasteiger partial charge in [0.05, 0.1) is 18.5 Å². The van der Waals surface area contributed by atoms with Crippen molar-refractivity contribution in [2.24, 2.45) is 0 Å². The van der Waals surface area contributed by atoms with Crippen molar-refractivity contribution < 1.29 is 22.3 Å². The Morgan fingerprint density at radius 1 is 1.33 bits per heavy atom. The molecule has 2 atom stereocenters. The van der Waals surface area contributed by atoms with Crippen LogP contribution < -0.4 is 10.1 Å². The second kappa shape index (κ2) is 8.01. The summed E-state index contributed by atoms with van der Waals surface area (Å²) in [5.74, 6) is -1.05. The highest BCUT2D eigenvalue weighted by Crippen LogP contribution is 2.27. The van der Waals surface area contributed by atoms with Gasteiger partial charge in [0, 0.05) is 25.2 Å². The summed E-state index contributed by atoms with van der Waals surface area (Å²) in [6, 6.07) is 8.19. The van der Waals surface area contributed by atoms with Gasteiger partial charge in [-0.1, -0.05) is 18.2 Å². The van der Waals surface area contributed by atoms with E-state index in [1.165, 1.54) is 31.4 Å². The van der Waals surface area contributed by atoms with Crippen LogP contribution in [-0.4, -0.2) is 49.4 Å². The van der Waals surface area contributed by atoms with Crippen molar-refractivity contribution in [1.29, 1.82) is 0 Å². The number of benzene rings is 1. The maximum absolute atomic E-state index is 13.9. The number of ether oxygens (including phenoxy) is 1. The van der Waals surface area contributed by atoms with Crippen LogP contribution in [0.5, 0.6) is 5.75 Å². The van der Waals surface area contributed by atoms with Gasteiger partial charge in [-0.3, -0.25) is 9.78 Å². The molecule has 1 aromatic heterocycles. The van der Waals surface area contributed by atoms with Crippen molar-refractivity contribution in [3.8, 4) is 5.75 Å². The van der Waals surface area contributed by atoms with Crippen LogP contribution in [0.3, 0.4) is 0 Å². The van der Waals surface area contributed by atoms with E-state index in [9.17, 15) is 17.6 Å². The van der Waals surface area contributed by atoms with Crippen LogP contribution in [-0.2, 0) is 20.6 Å². The summed E-state index contributed by atoms with van der Waals surface area (Å²) in [5, 5.41) is 2.48. The number of nitrogens with one attached hydrogen (secondary N) is 1. The predicted molar refractivity (Wildman–Crippen MR) is 96.9 cm³/mol. The van der Waals surface area contributed by atoms with E-state index in [1.807, 2.05) is 0 Å². The number of hydrogen-bond donors (Lipinski definition) is 1. The number of amides is 1. The maximum atomic E-state index is 13.9. The van der Waals surface area contributed by atoms with Crippen LogP contribution in [0.15, 0.2) is 48.8 Å². The molecule has 144 valence electrons. The second-order valence-corrected chi connectivity index (χ2v) is 8.13. The van der Waals surface area contributed by atoms with E-state index < -0.39 is 39.6 Å². The van der Waals surface area contributed by atoms with E-state index in [-0.39, 0.29) is 18.5 Å². The van der Waals surface area contributed by atoms with Crippen LogP contribution in [0.1, 0.15) is 12.0 Å². The number of aromatic nitrogens is 1. The minimum absolute atomic E-state index is 0.00374. The Bertz CT molecular complexity index is 908. The van der Waals surface area contributed by atoms with Crippen LogP contribution in [0.25, 0.3) is 0 Å². The first-order valence-corrected chi connectivity index (χ1v) is 10.0. The van der Waals surface area contributed by atoms with E-state index in [0.29, 0.717) is 5.75 Å². The highest BCUT2D eigenvalue weighted by atomic mass is 32.2. The molecule has 1 N–H and O–H groups in total. The molecule has 9 heteroatoms. The quantitative estimate of drug-likeness (QED) is 0.800. The molecule has 1 aromatic carbocycles. The van der Waals surface area contributed by atoms with Crippen molar-refractivity contribution in [1.82, 2.24) is 14.6 Å². The minimum atomic E-state index is -3.93. The third-order valence-corrected chi connectivity index (χ3v) is 6.15. The Morgan fingerprint density at radius 2 is 2.11 bits per heavy atom. The normalized spacial score (nSPS) is 20.4. The average Bonchev–Trinajstić information content (AvgIpc) is 3.08. The van der Waals surface area contributed by atoms with Crippen LogP contribution >= 0.6 is 0 Å². The SMILES string of the molecule is CNC(=O)[C@H]1C[C@H](Oc2cccnc2)CN1S(=O)(=O)Cc1ccccc1F. The summed E-state index contributed by atoms with van der Waals surface area (Å²) in [6.45, 7) is 0.00374. The summed E-state index contributed by atoms with van der Waals surface area (Å²) in [6.07, 6.45) is 2.81. The van der Waals surface area contributed by atoms with E-state index in [4.69, 9.17) is 4.74 Å². The Kier molecular flexibility index (Phi) is 5.71. The van der Waals surface area contributed by atoms with Crippen molar-refractivity contribution in [2.75, 3.05) is 13.6 Å². The first kappa shape index (κ1) is 19.2. The van der Waals surface area contributed by atoms with E-state index in [1.54, 1.807) is 24.4 Å². The molecule has 0 spiro atoms. The number of carbonyl (C=O) groups excluding carboxylic acids is 1. The first-order valence-electron chi connectivity index (χ1n) is 8.42. The minimum Gasteiger partial charge on any atom is -0.487 e. The molecule has 7 nitrogen and oxygen atoms in total. The molecule has 27 heavy (non-hydrogen) atoms. The third-order valence-electron chi connectivity index (χ3n) is 4.36. The molecule has 0 aliphatic carbocycles. The molecule has 1 fully saturated rings. The van der Waals surface area contributed by atoms with E-state index in [0.717, 1.165) is 4.31 Å². The van der Waals surface area contributed by atoms with Gasteiger partial charge in [0.2, 0.25) is 15.9 Å². The topological polar surface area (TPSA) is 88.6 Å². The average molecular weight is 393 g/mol. The molecular formula is C18H20FN3O4S. The van der Waals surface area contributed by atoms with Gasteiger partial charge in [0.25, 0.3) is 0 Å². The van der Waals surface area contributed by atoms with Gasteiger partial charge in [0.1, 0.15) is 23.7 Å². The lowest BCUT2D eigenvalue weighted by Crippen LogP contribution is -2.45. The lowest BCUT2D eigenvalue weighted by molar-refractivity contribution is -0.123. The van der Waals surface area contributed by atoms with Gasteiger partial charge in [-0.2, -0.15) is 4.31 Å². The molecule has 0 unspecified atom stereocenters. The summed E-state index contributed by atoms with van der Waals surface area (Å²) < 4.78 is 46.6. The molecular weight excluding hydrogens is 373 g/mol. The number of hydrogen-bond acceptors (Lipinski definition) is 5. The fourth-order valence-electron chi connectivity index (χ4n) is 3.07. The molecule has 1 amide bonds. The number of rotatable bonds is 6. The summed E-state index contributed by atoms with van der Waals surface area (Å²) in [7, 11) is -2.48. The van der Waals surface area contributed by atoms with Gasteiger partial charge in [0.15, 0.2) is 0 Å². The molecule has 1 aliphatic heterocycles. The molecule has 1 aliphatic rings. The number of pyridine rings is 1. The van der Waals surface area contributed by atoms with Crippen molar-refractivity contribution in [3.05, 3.63) is 60.2 Å². The molecule has 0 saturated carbocycles. The van der Waals surface area contributed by atoms with Gasteiger partial charge in [-0.25, -0.2) is 12.8 Å². The van der Waals surface area contributed by atoms with Crippen molar-refractivity contribution in [3.63, 3.8) is 0 Å². The maximum Gasteiger partial charge on any atom is 0.238 e. The molecule has 0 radical (unpaired) electrons. The fourth-order valence-corrected chi connectivity index (χ4v) is 4.83. The van der Waals surface area contributed by atoms with Crippen LogP contribution in [0.2, 0.25) is 0 Å². The monoisotopic (exact) mass is 393 g/mol. The van der Waals surface area contributed by atoms with E-state index in [2.05, 4.69) is 10.3 Å². The first-order chi connectivity index (χ1) is 12.9. The highest BCUT2D eigenvalue weighted by molar-refractivity contribution is 7.88. The van der Waals surface area contributed by atoms with E-state index >= 15 is 0 Å². The van der Waals surface area contributed by atoms with Crippen LogP contribution in [0, 0.1) is 5.82 Å². The predicted octanol–water partition coefficient (Wildman–Crippen LogP) is 1.32. The summed E-state index contributed by atoms with van der Waals surface area (Å²) in [5.41, 5.74) is 0.0600.